The minimum atomic E-state index is -3.59. The summed E-state index contributed by atoms with van der Waals surface area (Å²) in [6.45, 7) is 3.19. The number of hydrogen-bond acceptors (Lipinski definition) is 4. The summed E-state index contributed by atoms with van der Waals surface area (Å²) < 4.78 is 27.6. The second-order valence-electron chi connectivity index (χ2n) is 6.93. The third-order valence-corrected chi connectivity index (χ3v) is 6.47. The molecule has 1 heterocycles. The zero-order valence-corrected chi connectivity index (χ0v) is 15.4. The van der Waals surface area contributed by atoms with E-state index in [2.05, 4.69) is 14.9 Å². The number of benzene rings is 1. The first-order valence-electron chi connectivity index (χ1n) is 9.17. The number of likely N-dealkylation sites (tertiary alicyclic amines) is 1. The number of amides is 1. The molecule has 0 bridgehead atoms. The van der Waals surface area contributed by atoms with Gasteiger partial charge in [-0.2, -0.15) is 0 Å². The predicted molar refractivity (Wildman–Crippen MR) is 97.0 cm³/mol. The fraction of sp³-hybridized carbons (Fsp3) is 0.611. The molecular weight excluding hydrogens is 338 g/mol. The van der Waals surface area contributed by atoms with Crippen molar-refractivity contribution in [3.8, 4) is 0 Å². The van der Waals surface area contributed by atoms with E-state index in [1.54, 1.807) is 12.1 Å². The molecule has 1 saturated carbocycles. The zero-order chi connectivity index (χ0) is 17.7. The van der Waals surface area contributed by atoms with E-state index in [-0.39, 0.29) is 16.8 Å². The van der Waals surface area contributed by atoms with Crippen LogP contribution < -0.4 is 10.0 Å². The van der Waals surface area contributed by atoms with E-state index >= 15 is 0 Å². The van der Waals surface area contributed by atoms with Crippen molar-refractivity contribution in [2.75, 3.05) is 26.2 Å². The first kappa shape index (κ1) is 18.4. The highest BCUT2D eigenvalue weighted by Crippen LogP contribution is 2.19. The van der Waals surface area contributed by atoms with Gasteiger partial charge in [0.2, 0.25) is 10.0 Å². The molecule has 0 radical (unpaired) electrons. The molecule has 1 aromatic carbocycles. The van der Waals surface area contributed by atoms with Gasteiger partial charge in [0.1, 0.15) is 0 Å². The number of carbonyl (C=O) groups is 1. The lowest BCUT2D eigenvalue weighted by Crippen LogP contribution is -2.34. The maximum Gasteiger partial charge on any atom is 0.251 e. The second-order valence-corrected chi connectivity index (χ2v) is 8.70. The van der Waals surface area contributed by atoms with Crippen LogP contribution in [-0.4, -0.2) is 51.4 Å². The maximum absolute atomic E-state index is 12.5. The normalized spacial score (nSPS) is 19.4. The zero-order valence-electron chi connectivity index (χ0n) is 14.5. The first-order valence-corrected chi connectivity index (χ1v) is 10.7. The Morgan fingerprint density at radius 2 is 1.84 bits per heavy atom. The quantitative estimate of drug-likeness (QED) is 0.771. The Morgan fingerprint density at radius 3 is 2.56 bits per heavy atom. The molecule has 3 rings (SSSR count). The third kappa shape index (κ3) is 5.03. The largest absolute Gasteiger partial charge is 0.349 e. The lowest BCUT2D eigenvalue weighted by atomic mass is 10.2. The van der Waals surface area contributed by atoms with E-state index in [4.69, 9.17) is 0 Å². The molecule has 2 aliphatic rings. The van der Waals surface area contributed by atoms with Crippen molar-refractivity contribution in [2.45, 2.75) is 49.5 Å². The van der Waals surface area contributed by atoms with Crippen LogP contribution in [0.25, 0.3) is 0 Å². The fourth-order valence-corrected chi connectivity index (χ4v) is 4.64. The molecule has 1 aliphatic heterocycles. The highest BCUT2D eigenvalue weighted by atomic mass is 32.2. The molecule has 1 aliphatic carbocycles. The molecule has 0 spiro atoms. The minimum absolute atomic E-state index is 0.146. The van der Waals surface area contributed by atoms with Gasteiger partial charge in [-0.3, -0.25) is 4.79 Å². The van der Waals surface area contributed by atoms with Crippen molar-refractivity contribution >= 4 is 15.9 Å². The number of sulfonamides is 1. The Bertz CT molecular complexity index is 693. The van der Waals surface area contributed by atoms with Crippen LogP contribution in [0, 0.1) is 0 Å². The smallest absolute Gasteiger partial charge is 0.251 e. The van der Waals surface area contributed by atoms with Crippen LogP contribution in [0.4, 0.5) is 0 Å². The summed E-state index contributed by atoms with van der Waals surface area (Å²) in [5.74, 6) is -0.194. The van der Waals surface area contributed by atoms with E-state index < -0.39 is 10.0 Å². The van der Waals surface area contributed by atoms with Crippen molar-refractivity contribution in [3.05, 3.63) is 29.8 Å². The van der Waals surface area contributed by atoms with E-state index in [1.807, 2.05) is 0 Å². The monoisotopic (exact) mass is 365 g/mol. The number of rotatable bonds is 7. The van der Waals surface area contributed by atoms with E-state index in [0.29, 0.717) is 12.1 Å². The molecule has 138 valence electrons. The van der Waals surface area contributed by atoms with Crippen molar-refractivity contribution in [2.24, 2.45) is 0 Å². The van der Waals surface area contributed by atoms with Gasteiger partial charge in [0.25, 0.3) is 5.91 Å². The lowest BCUT2D eigenvalue weighted by molar-refractivity contribution is 0.0937. The molecule has 2 N–H and O–H groups in total. The average Bonchev–Trinajstić information content (AvgIpc) is 3.29. The molecule has 1 saturated heterocycles. The molecule has 25 heavy (non-hydrogen) atoms. The molecule has 1 aromatic rings. The molecular formula is C18H27N3O3S. The van der Waals surface area contributed by atoms with Crippen LogP contribution >= 0.6 is 0 Å². The van der Waals surface area contributed by atoms with Crippen molar-refractivity contribution in [3.63, 3.8) is 0 Å². The molecule has 2 fully saturated rings. The van der Waals surface area contributed by atoms with Crippen LogP contribution in [0.3, 0.4) is 0 Å². The second kappa shape index (κ2) is 8.29. The van der Waals surface area contributed by atoms with E-state index in [0.717, 1.165) is 45.3 Å². The van der Waals surface area contributed by atoms with Gasteiger partial charge >= 0.3 is 0 Å². The topological polar surface area (TPSA) is 78.5 Å². The van der Waals surface area contributed by atoms with Gasteiger partial charge < -0.3 is 10.2 Å². The summed E-state index contributed by atoms with van der Waals surface area (Å²) in [5.41, 5.74) is 0.398. The minimum Gasteiger partial charge on any atom is -0.349 e. The molecule has 0 atom stereocenters. The Morgan fingerprint density at radius 1 is 1.12 bits per heavy atom. The Balaban J connectivity index is 1.59. The SMILES string of the molecule is O=C(NC1CCCC1)c1cccc(S(=O)(=O)NCCN2CCCC2)c1. The summed E-state index contributed by atoms with van der Waals surface area (Å²) in [7, 11) is -3.59. The van der Waals surface area contributed by atoms with Crippen molar-refractivity contribution in [1.29, 1.82) is 0 Å². The van der Waals surface area contributed by atoms with E-state index in [9.17, 15) is 13.2 Å². The standard InChI is InChI=1S/C18H27N3O3S/c22-18(20-16-7-1-2-8-16)15-6-5-9-17(14-15)25(23,24)19-10-13-21-11-3-4-12-21/h5-6,9,14,16,19H,1-4,7-8,10-13H2,(H,20,22). The molecule has 6 nitrogen and oxygen atoms in total. The van der Waals surface area contributed by atoms with Crippen LogP contribution in [0.5, 0.6) is 0 Å². The molecule has 0 unspecified atom stereocenters. The highest BCUT2D eigenvalue weighted by molar-refractivity contribution is 7.89. The summed E-state index contributed by atoms with van der Waals surface area (Å²) in [4.78, 5) is 14.7. The summed E-state index contributed by atoms with van der Waals surface area (Å²) in [6, 6.07) is 6.49. The van der Waals surface area contributed by atoms with Gasteiger partial charge in [-0.15, -0.1) is 0 Å². The lowest BCUT2D eigenvalue weighted by Gasteiger charge is -2.15. The Kier molecular flexibility index (Phi) is 6.09. The van der Waals surface area contributed by atoms with Crippen LogP contribution in [0.2, 0.25) is 0 Å². The van der Waals surface area contributed by atoms with Crippen molar-refractivity contribution < 1.29 is 13.2 Å². The predicted octanol–water partition coefficient (Wildman–Crippen LogP) is 1.73. The summed E-state index contributed by atoms with van der Waals surface area (Å²) >= 11 is 0. The molecule has 7 heteroatoms. The van der Waals surface area contributed by atoms with Gasteiger partial charge in [-0.05, 0) is 57.0 Å². The van der Waals surface area contributed by atoms with Gasteiger partial charge in [0.15, 0.2) is 0 Å². The maximum atomic E-state index is 12.5. The first-order chi connectivity index (χ1) is 12.0. The van der Waals surface area contributed by atoms with Gasteiger partial charge in [0.05, 0.1) is 4.90 Å². The number of nitrogens with zero attached hydrogens (tertiary/aromatic N) is 1. The van der Waals surface area contributed by atoms with Crippen molar-refractivity contribution in [1.82, 2.24) is 14.9 Å². The summed E-state index contributed by atoms with van der Waals surface area (Å²) in [6.07, 6.45) is 6.65. The Hall–Kier alpha value is -1.44. The molecule has 1 amide bonds. The Labute approximate surface area is 150 Å². The highest BCUT2D eigenvalue weighted by Gasteiger charge is 2.20. The van der Waals surface area contributed by atoms with Crippen LogP contribution in [0.15, 0.2) is 29.2 Å². The number of nitrogens with one attached hydrogen (secondary N) is 2. The van der Waals surface area contributed by atoms with Gasteiger partial charge in [0, 0.05) is 24.7 Å². The third-order valence-electron chi connectivity index (χ3n) is 5.02. The number of hydrogen-bond donors (Lipinski definition) is 2. The average molecular weight is 365 g/mol. The molecule has 0 aromatic heterocycles. The number of carbonyl (C=O) groups excluding carboxylic acids is 1. The van der Waals surface area contributed by atoms with Gasteiger partial charge in [-0.25, -0.2) is 13.1 Å². The van der Waals surface area contributed by atoms with Crippen LogP contribution in [0.1, 0.15) is 48.9 Å². The van der Waals surface area contributed by atoms with Gasteiger partial charge in [-0.1, -0.05) is 18.9 Å². The van der Waals surface area contributed by atoms with Crippen LogP contribution in [-0.2, 0) is 10.0 Å². The summed E-state index contributed by atoms with van der Waals surface area (Å²) in [5, 5.41) is 2.99. The fourth-order valence-electron chi connectivity index (χ4n) is 3.57. The van der Waals surface area contributed by atoms with E-state index in [1.165, 1.54) is 25.0 Å².